The Bertz CT molecular complexity index is 796. The zero-order valence-corrected chi connectivity index (χ0v) is 17.9. The van der Waals surface area contributed by atoms with E-state index in [1.54, 1.807) is 13.3 Å². The van der Waals surface area contributed by atoms with Gasteiger partial charge < -0.3 is 15.0 Å². The van der Waals surface area contributed by atoms with E-state index in [1.165, 1.54) is 0 Å². The van der Waals surface area contributed by atoms with E-state index in [-0.39, 0.29) is 17.4 Å². The summed E-state index contributed by atoms with van der Waals surface area (Å²) in [7, 11) is 1.71. The topological polar surface area (TPSA) is 57.7 Å². The number of nitrogens with one attached hydrogen (secondary N) is 1. The highest BCUT2D eigenvalue weighted by Gasteiger charge is 2.29. The van der Waals surface area contributed by atoms with Crippen LogP contribution in [0, 0.1) is 0 Å². The van der Waals surface area contributed by atoms with Gasteiger partial charge in [0.05, 0.1) is 24.4 Å². The summed E-state index contributed by atoms with van der Waals surface area (Å²) < 4.78 is 5.51. The molecule has 0 saturated carbocycles. The van der Waals surface area contributed by atoms with Crippen LogP contribution in [0.15, 0.2) is 48.7 Å². The second kappa shape index (κ2) is 9.27. The molecule has 1 amide bonds. The molecule has 1 N–H and O–H groups in total. The Morgan fingerprint density at radius 3 is 2.41 bits per heavy atom. The smallest absolute Gasteiger partial charge is 0.230 e. The molecule has 2 heterocycles. The fourth-order valence-corrected chi connectivity index (χ4v) is 3.67. The zero-order chi connectivity index (χ0) is 20.9. The minimum atomic E-state index is -0.284. The first-order chi connectivity index (χ1) is 13.9. The van der Waals surface area contributed by atoms with E-state index in [2.05, 4.69) is 26.2 Å². The van der Waals surface area contributed by atoms with Crippen LogP contribution >= 0.6 is 0 Å². The first-order valence-corrected chi connectivity index (χ1v) is 10.2. The lowest BCUT2D eigenvalue weighted by Gasteiger charge is -2.38. The van der Waals surface area contributed by atoms with Crippen molar-refractivity contribution in [1.82, 2.24) is 15.2 Å². The molecule has 6 nitrogen and oxygen atoms in total. The van der Waals surface area contributed by atoms with E-state index in [0.29, 0.717) is 6.54 Å². The van der Waals surface area contributed by atoms with Gasteiger partial charge in [-0.2, -0.15) is 0 Å². The summed E-state index contributed by atoms with van der Waals surface area (Å²) in [5, 5.41) is 3.12. The standard InChI is InChI=1S/C23H32N4O2/c1-23(2,3)25-22(28)18(19-9-7-8-12-24-19)17-26-13-15-27(16-14-26)20-10-5-6-11-21(20)29-4/h5-12,18H,13-17H2,1-4H3,(H,25,28). The van der Waals surface area contributed by atoms with Gasteiger partial charge in [-0.1, -0.05) is 18.2 Å². The molecule has 0 bridgehead atoms. The summed E-state index contributed by atoms with van der Waals surface area (Å²) in [6.45, 7) is 10.3. The van der Waals surface area contributed by atoms with Crippen molar-refractivity contribution >= 4 is 11.6 Å². The van der Waals surface area contributed by atoms with Crippen LogP contribution in [0.3, 0.4) is 0 Å². The average molecular weight is 397 g/mol. The number of hydrogen-bond donors (Lipinski definition) is 1. The van der Waals surface area contributed by atoms with Crippen molar-refractivity contribution in [2.24, 2.45) is 0 Å². The average Bonchev–Trinajstić information content (AvgIpc) is 2.72. The van der Waals surface area contributed by atoms with Crippen LogP contribution in [0.25, 0.3) is 0 Å². The Morgan fingerprint density at radius 2 is 1.79 bits per heavy atom. The summed E-state index contributed by atoms with van der Waals surface area (Å²) in [4.78, 5) is 22.2. The molecule has 2 aromatic rings. The van der Waals surface area contributed by atoms with Crippen LogP contribution in [0.4, 0.5) is 5.69 Å². The van der Waals surface area contributed by atoms with Gasteiger partial charge >= 0.3 is 0 Å². The monoisotopic (exact) mass is 396 g/mol. The Labute approximate surface area is 173 Å². The molecule has 1 aliphatic heterocycles. The zero-order valence-electron chi connectivity index (χ0n) is 17.9. The lowest BCUT2D eigenvalue weighted by Crippen LogP contribution is -2.50. The molecule has 0 spiro atoms. The molecule has 6 heteroatoms. The fraction of sp³-hybridized carbons (Fsp3) is 0.478. The highest BCUT2D eigenvalue weighted by molar-refractivity contribution is 5.84. The number of pyridine rings is 1. The molecule has 3 rings (SSSR count). The number of anilines is 1. The van der Waals surface area contributed by atoms with Crippen LogP contribution in [0.5, 0.6) is 5.75 Å². The molecule has 29 heavy (non-hydrogen) atoms. The summed E-state index contributed by atoms with van der Waals surface area (Å²) in [6, 6.07) is 13.9. The van der Waals surface area contributed by atoms with Gasteiger partial charge in [-0.15, -0.1) is 0 Å². The van der Waals surface area contributed by atoms with E-state index in [1.807, 2.05) is 57.2 Å². The van der Waals surface area contributed by atoms with Crippen LogP contribution in [0.2, 0.25) is 0 Å². The molecule has 1 fully saturated rings. The van der Waals surface area contributed by atoms with Gasteiger partial charge in [0.25, 0.3) is 0 Å². The first kappa shape index (κ1) is 21.1. The van der Waals surface area contributed by atoms with Crippen molar-refractivity contribution < 1.29 is 9.53 Å². The number of benzene rings is 1. The van der Waals surface area contributed by atoms with E-state index in [4.69, 9.17) is 4.74 Å². The number of piperazine rings is 1. The summed E-state index contributed by atoms with van der Waals surface area (Å²) in [5.41, 5.74) is 1.68. The number of methoxy groups -OCH3 is 1. The Balaban J connectivity index is 1.67. The normalized spacial score (nSPS) is 16.3. The summed E-state index contributed by atoms with van der Waals surface area (Å²) in [6.07, 6.45) is 1.76. The Morgan fingerprint density at radius 1 is 1.10 bits per heavy atom. The predicted molar refractivity (Wildman–Crippen MR) is 117 cm³/mol. The van der Waals surface area contributed by atoms with Gasteiger partial charge in [-0.05, 0) is 45.0 Å². The van der Waals surface area contributed by atoms with Crippen LogP contribution in [-0.2, 0) is 4.79 Å². The van der Waals surface area contributed by atoms with Crippen molar-refractivity contribution in [1.29, 1.82) is 0 Å². The lowest BCUT2D eigenvalue weighted by molar-refractivity contribution is -0.124. The van der Waals surface area contributed by atoms with Crippen LogP contribution < -0.4 is 15.0 Å². The quantitative estimate of drug-likeness (QED) is 0.814. The maximum Gasteiger partial charge on any atom is 0.230 e. The third-order valence-corrected chi connectivity index (χ3v) is 5.10. The van der Waals surface area contributed by atoms with Crippen molar-refractivity contribution in [3.8, 4) is 5.75 Å². The number of carbonyl (C=O) groups is 1. The number of nitrogens with zero attached hydrogens (tertiary/aromatic N) is 3. The molecule has 1 aromatic heterocycles. The molecule has 1 unspecified atom stereocenters. The highest BCUT2D eigenvalue weighted by atomic mass is 16.5. The van der Waals surface area contributed by atoms with E-state index < -0.39 is 0 Å². The maximum atomic E-state index is 13.0. The Kier molecular flexibility index (Phi) is 6.75. The number of amides is 1. The largest absolute Gasteiger partial charge is 0.495 e. The van der Waals surface area contributed by atoms with E-state index in [0.717, 1.165) is 43.3 Å². The van der Waals surface area contributed by atoms with Gasteiger partial charge in [0.15, 0.2) is 0 Å². The second-order valence-electron chi connectivity index (χ2n) is 8.51. The molecular formula is C23H32N4O2. The minimum Gasteiger partial charge on any atom is -0.495 e. The summed E-state index contributed by atoms with van der Waals surface area (Å²) >= 11 is 0. The Hall–Kier alpha value is -2.60. The van der Waals surface area contributed by atoms with Gasteiger partial charge in [-0.3, -0.25) is 14.7 Å². The minimum absolute atomic E-state index is 0.0309. The van der Waals surface area contributed by atoms with Gasteiger partial charge in [0.1, 0.15) is 5.75 Å². The number of hydrogen-bond acceptors (Lipinski definition) is 5. The molecule has 1 aliphatic rings. The van der Waals surface area contributed by atoms with E-state index in [9.17, 15) is 4.79 Å². The molecule has 156 valence electrons. The molecule has 0 radical (unpaired) electrons. The molecule has 1 aromatic carbocycles. The molecular weight excluding hydrogens is 364 g/mol. The lowest BCUT2D eigenvalue weighted by atomic mass is 9.99. The molecule has 1 atom stereocenters. The highest BCUT2D eigenvalue weighted by Crippen LogP contribution is 2.28. The van der Waals surface area contributed by atoms with Crippen molar-refractivity contribution in [2.75, 3.05) is 44.7 Å². The van der Waals surface area contributed by atoms with Gasteiger partial charge in [0.2, 0.25) is 5.91 Å². The molecule has 0 aliphatic carbocycles. The van der Waals surface area contributed by atoms with Gasteiger partial charge in [-0.25, -0.2) is 0 Å². The van der Waals surface area contributed by atoms with Crippen molar-refractivity contribution in [3.05, 3.63) is 54.4 Å². The first-order valence-electron chi connectivity index (χ1n) is 10.2. The third kappa shape index (κ3) is 5.70. The number of aromatic nitrogens is 1. The SMILES string of the molecule is COc1ccccc1N1CCN(CC(C(=O)NC(C)(C)C)c2ccccn2)CC1. The number of rotatable bonds is 6. The number of ether oxygens (including phenoxy) is 1. The van der Waals surface area contributed by atoms with Crippen LogP contribution in [-0.4, -0.2) is 61.2 Å². The van der Waals surface area contributed by atoms with Crippen molar-refractivity contribution in [3.63, 3.8) is 0 Å². The third-order valence-electron chi connectivity index (χ3n) is 5.10. The predicted octanol–water partition coefficient (Wildman–Crippen LogP) is 2.91. The number of para-hydroxylation sites is 2. The fourth-order valence-electron chi connectivity index (χ4n) is 3.67. The van der Waals surface area contributed by atoms with Crippen molar-refractivity contribution in [2.45, 2.75) is 32.2 Å². The maximum absolute atomic E-state index is 13.0. The summed E-state index contributed by atoms with van der Waals surface area (Å²) in [5.74, 6) is 0.647. The second-order valence-corrected chi connectivity index (χ2v) is 8.51. The number of carbonyl (C=O) groups excluding carboxylic acids is 1. The van der Waals surface area contributed by atoms with Crippen LogP contribution in [0.1, 0.15) is 32.4 Å². The molecule has 1 saturated heterocycles. The van der Waals surface area contributed by atoms with E-state index >= 15 is 0 Å². The van der Waals surface area contributed by atoms with Gasteiger partial charge in [0, 0.05) is 44.5 Å².